The molecule has 54 valence electrons. The predicted molar refractivity (Wildman–Crippen MR) is 46.7 cm³/mol. The van der Waals surface area contributed by atoms with Gasteiger partial charge >= 0.3 is 0 Å². The number of quaternary nitrogens is 1. The summed E-state index contributed by atoms with van der Waals surface area (Å²) >= 11 is 4.24. The van der Waals surface area contributed by atoms with Crippen LogP contribution in [0.1, 0.15) is 5.56 Å². The number of nitrogens with one attached hydrogen (secondary N) is 1. The van der Waals surface area contributed by atoms with Gasteiger partial charge < -0.3 is 0 Å². The van der Waals surface area contributed by atoms with Crippen LogP contribution in [0.5, 0.6) is 0 Å². The van der Waals surface area contributed by atoms with Crippen LogP contribution in [-0.2, 0) is 0 Å². The summed E-state index contributed by atoms with van der Waals surface area (Å²) in [6, 6.07) is 8.35. The zero-order chi connectivity index (χ0) is 7.56. The van der Waals surface area contributed by atoms with Crippen molar-refractivity contribution in [3.05, 3.63) is 29.8 Å². The van der Waals surface area contributed by atoms with E-state index in [-0.39, 0.29) is 0 Å². The summed E-state index contributed by atoms with van der Waals surface area (Å²) in [5.41, 5.74) is 2.49. The molecule has 0 radical (unpaired) electrons. The van der Waals surface area contributed by atoms with Gasteiger partial charge in [-0.25, -0.2) is 4.31 Å². The van der Waals surface area contributed by atoms with E-state index in [4.69, 9.17) is 0 Å². The lowest BCUT2D eigenvalue weighted by molar-refractivity contribution is -0.645. The molecule has 0 bridgehead atoms. The van der Waals surface area contributed by atoms with Gasteiger partial charge in [0.1, 0.15) is 5.69 Å². The fourth-order valence-electron chi connectivity index (χ4n) is 0.795. The molecule has 1 aromatic rings. The first-order chi connectivity index (χ1) is 4.70. The van der Waals surface area contributed by atoms with Gasteiger partial charge in [-0.1, -0.05) is 17.7 Å². The molecule has 0 aliphatic heterocycles. The molecule has 0 saturated carbocycles. The molecule has 0 fully saturated rings. The highest BCUT2D eigenvalue weighted by Gasteiger charge is 1.97. The second-order valence-electron chi connectivity index (χ2n) is 2.45. The summed E-state index contributed by atoms with van der Waals surface area (Å²) in [5, 5.41) is 0. The molecule has 10 heavy (non-hydrogen) atoms. The molecule has 1 rings (SSSR count). The highest BCUT2D eigenvalue weighted by molar-refractivity contribution is 7.73. The molecule has 0 aliphatic carbocycles. The van der Waals surface area contributed by atoms with Crippen LogP contribution in [0.15, 0.2) is 24.3 Å². The van der Waals surface area contributed by atoms with Crippen molar-refractivity contribution in [2.75, 3.05) is 7.05 Å². The van der Waals surface area contributed by atoms with Crippen molar-refractivity contribution in [2.45, 2.75) is 6.92 Å². The summed E-state index contributed by atoms with van der Waals surface area (Å²) in [6.07, 6.45) is 0. The molecule has 0 aliphatic rings. The fraction of sp³-hybridized carbons (Fsp3) is 0.250. The Kier molecular flexibility index (Phi) is 2.35. The number of hydrogen-bond donors (Lipinski definition) is 2. The monoisotopic (exact) mass is 154 g/mol. The third-order valence-electron chi connectivity index (χ3n) is 1.47. The smallest absolute Gasteiger partial charge is 0.142 e. The van der Waals surface area contributed by atoms with Gasteiger partial charge in [0.05, 0.1) is 19.9 Å². The average Bonchev–Trinajstić information content (AvgIpc) is 1.88. The van der Waals surface area contributed by atoms with E-state index in [1.807, 2.05) is 7.05 Å². The van der Waals surface area contributed by atoms with Crippen molar-refractivity contribution in [1.29, 1.82) is 0 Å². The summed E-state index contributed by atoms with van der Waals surface area (Å²) in [5.74, 6) is 0. The van der Waals surface area contributed by atoms with Gasteiger partial charge in [0.2, 0.25) is 0 Å². The van der Waals surface area contributed by atoms with Crippen LogP contribution in [0.25, 0.3) is 0 Å². The van der Waals surface area contributed by atoms with Crippen molar-refractivity contribution in [3.8, 4) is 0 Å². The van der Waals surface area contributed by atoms with Crippen LogP contribution in [0, 0.1) is 6.92 Å². The lowest BCUT2D eigenvalue weighted by Gasteiger charge is -2.02. The zero-order valence-corrected chi connectivity index (χ0v) is 7.15. The van der Waals surface area contributed by atoms with Gasteiger partial charge in [-0.3, -0.25) is 0 Å². The second-order valence-corrected chi connectivity index (χ2v) is 3.12. The average molecular weight is 154 g/mol. The van der Waals surface area contributed by atoms with Crippen LogP contribution < -0.4 is 4.31 Å². The van der Waals surface area contributed by atoms with E-state index >= 15 is 0 Å². The Morgan fingerprint density at radius 1 is 1.20 bits per heavy atom. The van der Waals surface area contributed by atoms with Gasteiger partial charge in [-0.15, -0.1) is 0 Å². The number of aryl methyl sites for hydroxylation is 1. The van der Waals surface area contributed by atoms with Crippen LogP contribution in [0.4, 0.5) is 5.69 Å². The van der Waals surface area contributed by atoms with Gasteiger partial charge in [0.15, 0.2) is 0 Å². The van der Waals surface area contributed by atoms with Gasteiger partial charge in [-0.2, -0.15) is 0 Å². The third-order valence-corrected chi connectivity index (χ3v) is 1.73. The van der Waals surface area contributed by atoms with E-state index in [1.165, 1.54) is 11.3 Å². The number of hydrogen-bond acceptors (Lipinski definition) is 1. The molecule has 2 heteroatoms. The minimum Gasteiger partial charge on any atom is -0.246 e. The summed E-state index contributed by atoms with van der Waals surface area (Å²) < 4.78 is 1.07. The maximum absolute atomic E-state index is 4.24. The summed E-state index contributed by atoms with van der Waals surface area (Å²) in [4.78, 5) is 0. The molecular weight excluding hydrogens is 142 g/mol. The van der Waals surface area contributed by atoms with Crippen LogP contribution in [-0.4, -0.2) is 7.05 Å². The van der Waals surface area contributed by atoms with E-state index in [0.717, 1.165) is 4.31 Å². The molecule has 0 saturated heterocycles. The normalized spacial score (nSPS) is 13.1. The first-order valence-corrected chi connectivity index (χ1v) is 3.74. The first kappa shape index (κ1) is 7.63. The second kappa shape index (κ2) is 3.08. The van der Waals surface area contributed by atoms with E-state index in [1.54, 1.807) is 0 Å². The third kappa shape index (κ3) is 1.75. The lowest BCUT2D eigenvalue weighted by atomic mass is 10.2. The Hall–Kier alpha value is -0.470. The van der Waals surface area contributed by atoms with Crippen LogP contribution in [0.2, 0.25) is 0 Å². The van der Waals surface area contributed by atoms with E-state index in [9.17, 15) is 0 Å². The standard InChI is InChI=1S/C8H11NS/c1-7-3-5-8(6-4-7)9(2)10/h3-6,10H,1-2H3/p+1. The highest BCUT2D eigenvalue weighted by atomic mass is 32.1. The van der Waals surface area contributed by atoms with Crippen molar-refractivity contribution >= 4 is 18.5 Å². The highest BCUT2D eigenvalue weighted by Crippen LogP contribution is 2.03. The first-order valence-electron chi connectivity index (χ1n) is 3.29. The Morgan fingerprint density at radius 3 is 2.10 bits per heavy atom. The van der Waals surface area contributed by atoms with E-state index in [2.05, 4.69) is 44.0 Å². The topological polar surface area (TPSA) is 4.44 Å². The molecule has 0 amide bonds. The van der Waals surface area contributed by atoms with Crippen molar-refractivity contribution in [2.24, 2.45) is 0 Å². The molecule has 0 heterocycles. The van der Waals surface area contributed by atoms with Crippen molar-refractivity contribution in [3.63, 3.8) is 0 Å². The van der Waals surface area contributed by atoms with Crippen molar-refractivity contribution < 1.29 is 4.31 Å². The molecular formula is C8H12NS+. The number of rotatable bonds is 1. The van der Waals surface area contributed by atoms with Crippen LogP contribution in [0.3, 0.4) is 0 Å². The Balaban J connectivity index is 2.89. The molecule has 0 aromatic heterocycles. The Bertz CT molecular complexity index is 203. The molecule has 1 unspecified atom stereocenters. The van der Waals surface area contributed by atoms with Crippen molar-refractivity contribution in [1.82, 2.24) is 0 Å². The lowest BCUT2D eigenvalue weighted by Crippen LogP contribution is -2.94. The maximum Gasteiger partial charge on any atom is 0.142 e. The molecule has 1 aromatic carbocycles. The van der Waals surface area contributed by atoms with Crippen LogP contribution >= 0.6 is 12.8 Å². The maximum atomic E-state index is 4.24. The molecule has 0 spiro atoms. The van der Waals surface area contributed by atoms with Gasteiger partial charge in [-0.05, 0) is 6.92 Å². The Labute approximate surface area is 67.2 Å². The fourth-order valence-corrected chi connectivity index (χ4v) is 0.944. The van der Waals surface area contributed by atoms with E-state index < -0.39 is 0 Å². The summed E-state index contributed by atoms with van der Waals surface area (Å²) in [7, 11) is 1.99. The largest absolute Gasteiger partial charge is 0.246 e. The SMILES string of the molecule is Cc1ccc([NH+](C)S)cc1. The molecule has 1 atom stereocenters. The zero-order valence-electron chi connectivity index (χ0n) is 6.26. The minimum atomic E-state index is 1.07. The predicted octanol–water partition coefficient (Wildman–Crippen LogP) is 0.986. The minimum absolute atomic E-state index is 1.07. The molecule has 1 nitrogen and oxygen atoms in total. The van der Waals surface area contributed by atoms with Gasteiger partial charge in [0.25, 0.3) is 0 Å². The van der Waals surface area contributed by atoms with Gasteiger partial charge in [0, 0.05) is 12.1 Å². The summed E-state index contributed by atoms with van der Waals surface area (Å²) in [6.45, 7) is 2.08. The Morgan fingerprint density at radius 2 is 1.70 bits per heavy atom. The quantitative estimate of drug-likeness (QED) is 0.556. The molecule has 1 N–H and O–H groups in total. The van der Waals surface area contributed by atoms with E-state index in [0.29, 0.717) is 0 Å². The number of benzene rings is 1. The number of thiol groups is 1.